The number of amides is 1. The average molecular weight is 455 g/mol. The second-order valence-electron chi connectivity index (χ2n) is 6.11. The van der Waals surface area contributed by atoms with E-state index in [1.165, 1.54) is 36.4 Å². The summed E-state index contributed by atoms with van der Waals surface area (Å²) in [6.45, 7) is 0. The van der Waals surface area contributed by atoms with Gasteiger partial charge in [-0.1, -0.05) is 41.9 Å². The first-order chi connectivity index (χ1) is 14.1. The summed E-state index contributed by atoms with van der Waals surface area (Å²) in [5.41, 5.74) is -1.63. The number of para-hydroxylation sites is 1. The largest absolute Gasteiger partial charge is 0.418 e. The molecule has 3 rings (SSSR count). The SMILES string of the molecule is O=C(Nc1ccccc1C(F)(F)F)c1cc(NS(=O)(=O)c2ccccc2)ccc1Cl. The van der Waals surface area contributed by atoms with Gasteiger partial charge in [0.2, 0.25) is 0 Å². The van der Waals surface area contributed by atoms with E-state index < -0.39 is 33.4 Å². The molecule has 156 valence electrons. The van der Waals surface area contributed by atoms with Gasteiger partial charge in [-0.05, 0) is 42.5 Å². The Balaban J connectivity index is 1.89. The van der Waals surface area contributed by atoms with Gasteiger partial charge in [-0.15, -0.1) is 0 Å². The molecule has 0 saturated heterocycles. The van der Waals surface area contributed by atoms with Crippen molar-refractivity contribution in [2.75, 3.05) is 10.0 Å². The lowest BCUT2D eigenvalue weighted by Crippen LogP contribution is -2.18. The zero-order chi connectivity index (χ0) is 21.9. The topological polar surface area (TPSA) is 75.3 Å². The van der Waals surface area contributed by atoms with Gasteiger partial charge in [-0.2, -0.15) is 13.2 Å². The first-order valence-electron chi connectivity index (χ1n) is 8.43. The van der Waals surface area contributed by atoms with Crippen LogP contribution in [0.25, 0.3) is 0 Å². The maximum Gasteiger partial charge on any atom is 0.418 e. The Morgan fingerprint density at radius 3 is 2.20 bits per heavy atom. The molecular formula is C20H14ClF3N2O3S. The number of sulfonamides is 1. The second-order valence-corrected chi connectivity index (χ2v) is 8.20. The van der Waals surface area contributed by atoms with Crippen molar-refractivity contribution in [3.63, 3.8) is 0 Å². The van der Waals surface area contributed by atoms with Crippen molar-refractivity contribution >= 4 is 38.9 Å². The lowest BCUT2D eigenvalue weighted by atomic mass is 10.1. The van der Waals surface area contributed by atoms with Crippen LogP contribution in [0.3, 0.4) is 0 Å². The van der Waals surface area contributed by atoms with Gasteiger partial charge in [0.25, 0.3) is 15.9 Å². The highest BCUT2D eigenvalue weighted by atomic mass is 35.5. The van der Waals surface area contributed by atoms with Gasteiger partial charge in [-0.3, -0.25) is 9.52 Å². The second kappa shape index (κ2) is 8.37. The quantitative estimate of drug-likeness (QED) is 0.541. The monoisotopic (exact) mass is 454 g/mol. The third-order valence-corrected chi connectivity index (χ3v) is 5.72. The van der Waals surface area contributed by atoms with Gasteiger partial charge in [0, 0.05) is 5.69 Å². The lowest BCUT2D eigenvalue weighted by molar-refractivity contribution is -0.136. The summed E-state index contributed by atoms with van der Waals surface area (Å²) >= 11 is 6.01. The molecule has 0 aliphatic carbocycles. The molecule has 0 fully saturated rings. The summed E-state index contributed by atoms with van der Waals surface area (Å²) in [5.74, 6) is -0.919. The molecule has 3 aromatic rings. The van der Waals surface area contributed by atoms with Crippen LogP contribution in [-0.2, 0) is 16.2 Å². The summed E-state index contributed by atoms with van der Waals surface area (Å²) in [5, 5.41) is 2.12. The lowest BCUT2D eigenvalue weighted by Gasteiger charge is -2.15. The van der Waals surface area contributed by atoms with Crippen LogP contribution in [0.5, 0.6) is 0 Å². The number of alkyl halides is 3. The Morgan fingerprint density at radius 1 is 0.900 bits per heavy atom. The molecule has 3 aromatic carbocycles. The standard InChI is InChI=1S/C20H14ClF3N2O3S/c21-17-11-10-13(26-30(28,29)14-6-2-1-3-7-14)12-15(17)19(27)25-18-9-5-4-8-16(18)20(22,23)24/h1-12,26H,(H,25,27). The van der Waals surface area contributed by atoms with E-state index in [2.05, 4.69) is 10.0 Å². The molecule has 0 atom stereocenters. The molecule has 0 aliphatic rings. The van der Waals surface area contributed by atoms with Crippen LogP contribution in [0.2, 0.25) is 5.02 Å². The van der Waals surface area contributed by atoms with E-state index in [4.69, 9.17) is 11.6 Å². The third-order valence-electron chi connectivity index (χ3n) is 4.00. The van der Waals surface area contributed by atoms with Gasteiger partial charge in [0.15, 0.2) is 0 Å². The van der Waals surface area contributed by atoms with Crippen LogP contribution >= 0.6 is 11.6 Å². The number of carbonyl (C=O) groups excluding carboxylic acids is 1. The third kappa shape index (κ3) is 4.92. The molecule has 2 N–H and O–H groups in total. The molecule has 0 spiro atoms. The summed E-state index contributed by atoms with van der Waals surface area (Å²) in [6, 6.07) is 15.8. The molecule has 0 aliphatic heterocycles. The number of benzene rings is 3. The molecule has 0 radical (unpaired) electrons. The summed E-state index contributed by atoms with van der Waals surface area (Å²) in [6.07, 6.45) is -4.67. The molecule has 0 aromatic heterocycles. The van der Waals surface area contributed by atoms with E-state index in [-0.39, 0.29) is 21.2 Å². The first-order valence-corrected chi connectivity index (χ1v) is 10.3. The van der Waals surface area contributed by atoms with Crippen molar-refractivity contribution in [1.29, 1.82) is 0 Å². The van der Waals surface area contributed by atoms with Gasteiger partial charge in [0.05, 0.1) is 26.7 Å². The Bertz CT molecular complexity index is 1180. The van der Waals surface area contributed by atoms with E-state index in [0.717, 1.165) is 18.2 Å². The van der Waals surface area contributed by atoms with Gasteiger partial charge in [0.1, 0.15) is 0 Å². The zero-order valence-electron chi connectivity index (χ0n) is 15.1. The van der Waals surface area contributed by atoms with Gasteiger partial charge < -0.3 is 5.32 Å². The Labute approximate surface area is 175 Å². The van der Waals surface area contributed by atoms with Crippen LogP contribution in [-0.4, -0.2) is 14.3 Å². The van der Waals surface area contributed by atoms with Crippen LogP contribution in [0.15, 0.2) is 77.7 Å². The molecule has 1 amide bonds. The molecule has 0 saturated carbocycles. The predicted molar refractivity (Wildman–Crippen MR) is 108 cm³/mol. The van der Waals surface area contributed by atoms with E-state index in [1.807, 2.05) is 0 Å². The molecule has 0 unspecified atom stereocenters. The number of hydrogen-bond acceptors (Lipinski definition) is 3. The van der Waals surface area contributed by atoms with Crippen LogP contribution < -0.4 is 10.0 Å². The summed E-state index contributed by atoms with van der Waals surface area (Å²) in [7, 11) is -3.93. The maximum atomic E-state index is 13.1. The van der Waals surface area contributed by atoms with Crippen LogP contribution in [0, 0.1) is 0 Å². The zero-order valence-corrected chi connectivity index (χ0v) is 16.6. The summed E-state index contributed by atoms with van der Waals surface area (Å²) < 4.78 is 66.6. The van der Waals surface area contributed by atoms with E-state index in [1.54, 1.807) is 18.2 Å². The number of anilines is 2. The van der Waals surface area contributed by atoms with Gasteiger partial charge in [-0.25, -0.2) is 8.42 Å². The number of rotatable bonds is 5. The van der Waals surface area contributed by atoms with Crippen molar-refractivity contribution in [3.05, 3.63) is 88.9 Å². The Hall–Kier alpha value is -3.04. The van der Waals surface area contributed by atoms with Crippen molar-refractivity contribution in [3.8, 4) is 0 Å². The smallest absolute Gasteiger partial charge is 0.321 e. The highest BCUT2D eigenvalue weighted by Crippen LogP contribution is 2.35. The fourth-order valence-corrected chi connectivity index (χ4v) is 3.88. The van der Waals surface area contributed by atoms with Crippen molar-refractivity contribution in [1.82, 2.24) is 0 Å². The minimum Gasteiger partial charge on any atom is -0.321 e. The molecule has 5 nitrogen and oxygen atoms in total. The fourth-order valence-electron chi connectivity index (χ4n) is 2.61. The van der Waals surface area contributed by atoms with Crippen LogP contribution in [0.1, 0.15) is 15.9 Å². The summed E-state index contributed by atoms with van der Waals surface area (Å²) in [4.78, 5) is 12.6. The van der Waals surface area contributed by atoms with Crippen molar-refractivity contribution in [2.45, 2.75) is 11.1 Å². The van der Waals surface area contributed by atoms with Crippen LogP contribution in [0.4, 0.5) is 24.5 Å². The molecule has 30 heavy (non-hydrogen) atoms. The Morgan fingerprint density at radius 2 is 1.53 bits per heavy atom. The first kappa shape index (κ1) is 21.7. The number of halogens is 4. The molecule has 0 bridgehead atoms. The van der Waals surface area contributed by atoms with Crippen molar-refractivity contribution in [2.24, 2.45) is 0 Å². The maximum absolute atomic E-state index is 13.1. The Kier molecular flexibility index (Phi) is 6.04. The van der Waals surface area contributed by atoms with E-state index in [0.29, 0.717) is 0 Å². The minimum absolute atomic E-state index is 0.00468. The molecule has 10 heteroatoms. The minimum atomic E-state index is -4.67. The molecular weight excluding hydrogens is 441 g/mol. The normalized spacial score (nSPS) is 11.7. The number of nitrogens with one attached hydrogen (secondary N) is 2. The number of carbonyl (C=O) groups is 1. The van der Waals surface area contributed by atoms with Gasteiger partial charge >= 0.3 is 6.18 Å². The predicted octanol–water partition coefficient (Wildman–Crippen LogP) is 5.41. The number of hydrogen-bond donors (Lipinski definition) is 2. The highest BCUT2D eigenvalue weighted by molar-refractivity contribution is 7.92. The molecule has 0 heterocycles. The van der Waals surface area contributed by atoms with Crippen molar-refractivity contribution < 1.29 is 26.4 Å². The van der Waals surface area contributed by atoms with E-state index >= 15 is 0 Å². The highest BCUT2D eigenvalue weighted by Gasteiger charge is 2.33. The van der Waals surface area contributed by atoms with E-state index in [9.17, 15) is 26.4 Å². The average Bonchev–Trinajstić information content (AvgIpc) is 2.69. The fraction of sp³-hybridized carbons (Fsp3) is 0.0500.